The number of anilines is 1. The fourth-order valence-corrected chi connectivity index (χ4v) is 2.49. The summed E-state index contributed by atoms with van der Waals surface area (Å²) in [4.78, 5) is 12.1. The van der Waals surface area contributed by atoms with E-state index in [9.17, 15) is 4.79 Å². The zero-order valence-electron chi connectivity index (χ0n) is 13.2. The first-order valence-electron chi connectivity index (χ1n) is 7.58. The molecule has 0 aliphatic carbocycles. The van der Waals surface area contributed by atoms with Gasteiger partial charge in [0, 0.05) is 11.8 Å². The Labute approximate surface area is 135 Å². The summed E-state index contributed by atoms with van der Waals surface area (Å²) in [5, 5.41) is 2.93. The number of carbonyl (C=O) groups is 1. The van der Waals surface area contributed by atoms with Crippen molar-refractivity contribution in [2.75, 3.05) is 18.7 Å². The van der Waals surface area contributed by atoms with Crippen molar-refractivity contribution in [1.29, 1.82) is 0 Å². The van der Waals surface area contributed by atoms with E-state index in [2.05, 4.69) is 12.2 Å². The summed E-state index contributed by atoms with van der Waals surface area (Å²) in [6.07, 6.45) is 0.861. The number of ether oxygens (including phenoxy) is 3. The summed E-state index contributed by atoms with van der Waals surface area (Å²) >= 11 is 0. The topological polar surface area (TPSA) is 56.8 Å². The van der Waals surface area contributed by atoms with Gasteiger partial charge in [0.1, 0.15) is 5.75 Å². The lowest BCUT2D eigenvalue weighted by Gasteiger charge is -2.13. The van der Waals surface area contributed by atoms with Crippen LogP contribution in [-0.2, 0) is 11.2 Å². The minimum absolute atomic E-state index is 0.0584. The Kier molecular flexibility index (Phi) is 4.37. The summed E-state index contributed by atoms with van der Waals surface area (Å²) < 4.78 is 16.1. The number of rotatable bonds is 5. The van der Waals surface area contributed by atoms with E-state index in [0.29, 0.717) is 17.2 Å². The van der Waals surface area contributed by atoms with Crippen molar-refractivity contribution in [3.63, 3.8) is 0 Å². The highest BCUT2D eigenvalue weighted by Crippen LogP contribution is 2.35. The van der Waals surface area contributed by atoms with E-state index < -0.39 is 0 Å². The van der Waals surface area contributed by atoms with Gasteiger partial charge in [-0.3, -0.25) is 4.79 Å². The van der Waals surface area contributed by atoms with Gasteiger partial charge < -0.3 is 19.5 Å². The molecule has 2 aromatic carbocycles. The fourth-order valence-electron chi connectivity index (χ4n) is 2.49. The van der Waals surface area contributed by atoms with Crippen LogP contribution in [0.25, 0.3) is 0 Å². The average molecular weight is 313 g/mol. The molecule has 0 unspecified atom stereocenters. The normalized spacial score (nSPS) is 12.1. The van der Waals surface area contributed by atoms with Gasteiger partial charge in [0.15, 0.2) is 18.1 Å². The second kappa shape index (κ2) is 6.60. The van der Waals surface area contributed by atoms with Crippen LogP contribution >= 0.6 is 0 Å². The van der Waals surface area contributed by atoms with Crippen molar-refractivity contribution < 1.29 is 19.0 Å². The first kappa shape index (κ1) is 15.2. The summed E-state index contributed by atoms with van der Waals surface area (Å²) in [7, 11) is 0. The molecule has 0 atom stereocenters. The zero-order valence-corrected chi connectivity index (χ0v) is 13.2. The number of aryl methyl sites for hydroxylation is 2. The first-order valence-corrected chi connectivity index (χ1v) is 7.58. The van der Waals surface area contributed by atoms with E-state index in [1.165, 1.54) is 0 Å². The second-order valence-corrected chi connectivity index (χ2v) is 5.31. The van der Waals surface area contributed by atoms with E-state index >= 15 is 0 Å². The van der Waals surface area contributed by atoms with Crippen LogP contribution in [0.15, 0.2) is 36.4 Å². The molecule has 0 aromatic heterocycles. The van der Waals surface area contributed by atoms with Gasteiger partial charge in [0.05, 0.1) is 0 Å². The lowest BCUT2D eigenvalue weighted by atomic mass is 10.1. The number of benzene rings is 2. The van der Waals surface area contributed by atoms with Crippen molar-refractivity contribution in [2.45, 2.75) is 20.3 Å². The van der Waals surface area contributed by atoms with Gasteiger partial charge in [-0.15, -0.1) is 0 Å². The van der Waals surface area contributed by atoms with E-state index in [1.807, 2.05) is 25.1 Å². The third-order valence-corrected chi connectivity index (χ3v) is 3.72. The van der Waals surface area contributed by atoms with Crippen LogP contribution < -0.4 is 19.5 Å². The minimum atomic E-state index is -0.188. The molecule has 0 fully saturated rings. The maximum absolute atomic E-state index is 12.1. The standard InChI is InChI=1S/C18H19NO4/c1-3-13-6-4-5-12(2)18(13)19-17(20)10-21-14-7-8-15-16(9-14)23-11-22-15/h4-9H,3,10-11H2,1-2H3,(H,19,20). The lowest BCUT2D eigenvalue weighted by Crippen LogP contribution is -2.21. The van der Waals surface area contributed by atoms with Crippen molar-refractivity contribution >= 4 is 11.6 Å². The quantitative estimate of drug-likeness (QED) is 0.920. The molecule has 0 spiro atoms. The molecule has 5 nitrogen and oxygen atoms in total. The van der Waals surface area contributed by atoms with Crippen LogP contribution in [0, 0.1) is 6.92 Å². The van der Waals surface area contributed by atoms with Gasteiger partial charge in [-0.2, -0.15) is 0 Å². The fraction of sp³-hybridized carbons (Fsp3) is 0.278. The van der Waals surface area contributed by atoms with Gasteiger partial charge in [-0.05, 0) is 36.6 Å². The molecule has 1 aliphatic rings. The van der Waals surface area contributed by atoms with Crippen LogP contribution in [0.4, 0.5) is 5.69 Å². The molecule has 0 bridgehead atoms. The Morgan fingerprint density at radius 3 is 2.87 bits per heavy atom. The highest BCUT2D eigenvalue weighted by atomic mass is 16.7. The average Bonchev–Trinajstić information content (AvgIpc) is 3.02. The number of para-hydroxylation sites is 1. The molecule has 23 heavy (non-hydrogen) atoms. The molecular weight excluding hydrogens is 294 g/mol. The van der Waals surface area contributed by atoms with Crippen molar-refractivity contribution in [1.82, 2.24) is 0 Å². The third kappa shape index (κ3) is 3.39. The highest BCUT2D eigenvalue weighted by Gasteiger charge is 2.14. The van der Waals surface area contributed by atoms with Crippen molar-refractivity contribution in [3.05, 3.63) is 47.5 Å². The Balaban J connectivity index is 1.62. The predicted molar refractivity (Wildman–Crippen MR) is 87.2 cm³/mol. The van der Waals surface area contributed by atoms with E-state index in [4.69, 9.17) is 14.2 Å². The van der Waals surface area contributed by atoms with Crippen LogP contribution in [0.2, 0.25) is 0 Å². The largest absolute Gasteiger partial charge is 0.484 e. The molecule has 1 amide bonds. The molecule has 1 N–H and O–H groups in total. The van der Waals surface area contributed by atoms with Crippen molar-refractivity contribution in [3.8, 4) is 17.2 Å². The Morgan fingerprint density at radius 1 is 1.22 bits per heavy atom. The summed E-state index contributed by atoms with van der Waals surface area (Å²) in [6, 6.07) is 11.2. The Morgan fingerprint density at radius 2 is 2.04 bits per heavy atom. The van der Waals surface area contributed by atoms with Gasteiger partial charge in [0.2, 0.25) is 6.79 Å². The van der Waals surface area contributed by atoms with Crippen LogP contribution in [-0.4, -0.2) is 19.3 Å². The highest BCUT2D eigenvalue weighted by molar-refractivity contribution is 5.93. The van der Waals surface area contributed by atoms with E-state index in [1.54, 1.807) is 18.2 Å². The first-order chi connectivity index (χ1) is 11.2. The van der Waals surface area contributed by atoms with Gasteiger partial charge in [0.25, 0.3) is 5.91 Å². The molecular formula is C18H19NO4. The SMILES string of the molecule is CCc1cccc(C)c1NC(=O)COc1ccc2c(c1)OCO2. The number of nitrogens with one attached hydrogen (secondary N) is 1. The predicted octanol–water partition coefficient (Wildman–Crippen LogP) is 3.30. The maximum atomic E-state index is 12.1. The van der Waals surface area contributed by atoms with Crippen LogP contribution in [0.1, 0.15) is 18.1 Å². The zero-order chi connectivity index (χ0) is 16.2. The molecule has 2 aromatic rings. The second-order valence-electron chi connectivity index (χ2n) is 5.31. The molecule has 1 heterocycles. The summed E-state index contributed by atoms with van der Waals surface area (Å²) in [5.41, 5.74) is 3.02. The number of amides is 1. The smallest absolute Gasteiger partial charge is 0.262 e. The number of carbonyl (C=O) groups excluding carboxylic acids is 1. The molecule has 0 saturated carbocycles. The number of hydrogen-bond donors (Lipinski definition) is 1. The van der Waals surface area contributed by atoms with Gasteiger partial charge in [-0.1, -0.05) is 25.1 Å². The van der Waals surface area contributed by atoms with Gasteiger partial charge >= 0.3 is 0 Å². The Bertz CT molecular complexity index is 727. The molecule has 3 rings (SSSR count). The molecule has 0 saturated heterocycles. The van der Waals surface area contributed by atoms with Crippen molar-refractivity contribution in [2.24, 2.45) is 0 Å². The monoisotopic (exact) mass is 313 g/mol. The summed E-state index contributed by atoms with van der Waals surface area (Å²) in [6.45, 7) is 4.20. The molecule has 1 aliphatic heterocycles. The molecule has 120 valence electrons. The van der Waals surface area contributed by atoms with E-state index in [0.717, 1.165) is 23.2 Å². The minimum Gasteiger partial charge on any atom is -0.484 e. The number of fused-ring (bicyclic) bond motifs is 1. The van der Waals surface area contributed by atoms with Crippen LogP contribution in [0.3, 0.4) is 0 Å². The Hall–Kier alpha value is -2.69. The van der Waals surface area contributed by atoms with E-state index in [-0.39, 0.29) is 19.3 Å². The third-order valence-electron chi connectivity index (χ3n) is 3.72. The molecule has 5 heteroatoms. The van der Waals surface area contributed by atoms with Crippen LogP contribution in [0.5, 0.6) is 17.2 Å². The lowest BCUT2D eigenvalue weighted by molar-refractivity contribution is -0.118. The van der Waals surface area contributed by atoms with Gasteiger partial charge in [-0.25, -0.2) is 0 Å². The summed E-state index contributed by atoms with van der Waals surface area (Å²) in [5.74, 6) is 1.71. The molecule has 0 radical (unpaired) electrons. The number of hydrogen-bond acceptors (Lipinski definition) is 4. The maximum Gasteiger partial charge on any atom is 0.262 e.